The fraction of sp³-hybridized carbons (Fsp3) is 0.700. The number of rotatable bonds is 4. The van der Waals surface area contributed by atoms with Gasteiger partial charge < -0.3 is 5.11 Å². The third-order valence-corrected chi connectivity index (χ3v) is 4.71. The Bertz CT molecular complexity index is 281. The first kappa shape index (κ1) is 10.5. The molecular formula is C10H15NOS2. The number of aromatic nitrogens is 1. The van der Waals surface area contributed by atoms with Crippen molar-refractivity contribution in [1.82, 2.24) is 4.98 Å². The molecule has 1 saturated heterocycles. The van der Waals surface area contributed by atoms with E-state index in [4.69, 9.17) is 5.11 Å². The van der Waals surface area contributed by atoms with E-state index < -0.39 is 0 Å². The van der Waals surface area contributed by atoms with E-state index in [1.54, 1.807) is 11.3 Å². The molecule has 0 aromatic carbocycles. The number of thiazole rings is 1. The minimum absolute atomic E-state index is 0.210. The summed E-state index contributed by atoms with van der Waals surface area (Å²) in [6, 6.07) is 0. The normalized spacial score (nSPS) is 21.6. The Morgan fingerprint density at radius 3 is 3.21 bits per heavy atom. The van der Waals surface area contributed by atoms with Crippen LogP contribution in [0.1, 0.15) is 23.5 Å². The van der Waals surface area contributed by atoms with Gasteiger partial charge in [-0.15, -0.1) is 11.3 Å². The van der Waals surface area contributed by atoms with Gasteiger partial charge in [-0.25, -0.2) is 4.98 Å². The van der Waals surface area contributed by atoms with Crippen LogP contribution >= 0.6 is 23.1 Å². The van der Waals surface area contributed by atoms with Crippen molar-refractivity contribution in [3.05, 3.63) is 16.1 Å². The Morgan fingerprint density at radius 1 is 1.57 bits per heavy atom. The second-order valence-corrected chi connectivity index (χ2v) is 5.90. The van der Waals surface area contributed by atoms with E-state index in [0.717, 1.165) is 17.4 Å². The molecule has 1 aromatic rings. The van der Waals surface area contributed by atoms with E-state index in [1.807, 2.05) is 0 Å². The third-order valence-electron chi connectivity index (χ3n) is 2.39. The summed E-state index contributed by atoms with van der Waals surface area (Å²) in [5.74, 6) is 1.32. The fourth-order valence-corrected chi connectivity index (χ4v) is 3.96. The summed E-state index contributed by atoms with van der Waals surface area (Å²) in [5, 5.41) is 12.9. The zero-order valence-corrected chi connectivity index (χ0v) is 9.74. The lowest BCUT2D eigenvalue weighted by molar-refractivity contribution is 0.298. The summed E-state index contributed by atoms with van der Waals surface area (Å²) in [6.07, 6.45) is 4.54. The average Bonchev–Trinajstić information content (AvgIpc) is 2.79. The molecule has 1 aliphatic rings. The van der Waals surface area contributed by atoms with Crippen molar-refractivity contribution in [2.24, 2.45) is 0 Å². The van der Waals surface area contributed by atoms with E-state index in [0.29, 0.717) is 6.42 Å². The highest BCUT2D eigenvalue weighted by Crippen LogP contribution is 2.29. The average molecular weight is 229 g/mol. The van der Waals surface area contributed by atoms with Gasteiger partial charge in [0.2, 0.25) is 0 Å². The molecule has 1 fully saturated rings. The standard InChI is InChI=1S/C10H15NOS2/c12-4-3-8-7-14-10(11-8)6-9-2-1-5-13-9/h7,9,12H,1-6H2. The van der Waals surface area contributed by atoms with Gasteiger partial charge in [-0.3, -0.25) is 0 Å². The Balaban J connectivity index is 1.88. The molecule has 1 aliphatic heterocycles. The molecule has 0 bridgehead atoms. The van der Waals surface area contributed by atoms with Crippen LogP contribution in [0.25, 0.3) is 0 Å². The van der Waals surface area contributed by atoms with Crippen LogP contribution in [0.2, 0.25) is 0 Å². The van der Waals surface area contributed by atoms with E-state index in [-0.39, 0.29) is 6.61 Å². The van der Waals surface area contributed by atoms with Gasteiger partial charge in [0.1, 0.15) is 0 Å². The molecule has 78 valence electrons. The fourth-order valence-electron chi connectivity index (χ4n) is 1.67. The van der Waals surface area contributed by atoms with Gasteiger partial charge in [0.15, 0.2) is 0 Å². The predicted molar refractivity (Wildman–Crippen MR) is 62.1 cm³/mol. The monoisotopic (exact) mass is 229 g/mol. The highest BCUT2D eigenvalue weighted by Gasteiger charge is 2.17. The largest absolute Gasteiger partial charge is 0.396 e. The third kappa shape index (κ3) is 2.72. The van der Waals surface area contributed by atoms with E-state index in [1.165, 1.54) is 23.6 Å². The first-order valence-electron chi connectivity index (χ1n) is 5.04. The molecule has 2 rings (SSSR count). The van der Waals surface area contributed by atoms with Gasteiger partial charge in [0, 0.05) is 30.1 Å². The molecule has 1 aromatic heterocycles. The topological polar surface area (TPSA) is 33.1 Å². The molecule has 2 heterocycles. The summed E-state index contributed by atoms with van der Waals surface area (Å²) in [4.78, 5) is 4.51. The molecular weight excluding hydrogens is 214 g/mol. The second-order valence-electron chi connectivity index (χ2n) is 3.55. The van der Waals surface area contributed by atoms with Crippen LogP contribution in [0.3, 0.4) is 0 Å². The van der Waals surface area contributed by atoms with Crippen LogP contribution in [0, 0.1) is 0 Å². The zero-order chi connectivity index (χ0) is 9.80. The van der Waals surface area contributed by atoms with Crippen molar-refractivity contribution in [1.29, 1.82) is 0 Å². The number of thioether (sulfide) groups is 1. The molecule has 0 radical (unpaired) electrons. The van der Waals surface area contributed by atoms with Crippen molar-refractivity contribution in [3.8, 4) is 0 Å². The van der Waals surface area contributed by atoms with Crippen molar-refractivity contribution in [2.75, 3.05) is 12.4 Å². The number of nitrogens with zero attached hydrogens (tertiary/aromatic N) is 1. The van der Waals surface area contributed by atoms with Crippen LogP contribution in [0.5, 0.6) is 0 Å². The van der Waals surface area contributed by atoms with E-state index in [2.05, 4.69) is 22.1 Å². The van der Waals surface area contributed by atoms with Crippen LogP contribution in [0.15, 0.2) is 5.38 Å². The van der Waals surface area contributed by atoms with Crippen molar-refractivity contribution >= 4 is 23.1 Å². The summed E-state index contributed by atoms with van der Waals surface area (Å²) >= 11 is 3.82. The van der Waals surface area contributed by atoms with Gasteiger partial charge in [-0.05, 0) is 18.6 Å². The molecule has 0 saturated carbocycles. The van der Waals surface area contributed by atoms with E-state index >= 15 is 0 Å². The lowest BCUT2D eigenvalue weighted by Crippen LogP contribution is -2.01. The number of aliphatic hydroxyl groups excluding tert-OH is 1. The highest BCUT2D eigenvalue weighted by atomic mass is 32.2. The summed E-state index contributed by atoms with van der Waals surface area (Å²) < 4.78 is 0. The van der Waals surface area contributed by atoms with Crippen LogP contribution in [0.4, 0.5) is 0 Å². The van der Waals surface area contributed by atoms with Gasteiger partial charge in [0.25, 0.3) is 0 Å². The second kappa shape index (κ2) is 5.14. The van der Waals surface area contributed by atoms with E-state index in [9.17, 15) is 0 Å². The molecule has 1 N–H and O–H groups in total. The lowest BCUT2D eigenvalue weighted by Gasteiger charge is -2.03. The first-order chi connectivity index (χ1) is 6.88. The Morgan fingerprint density at radius 2 is 2.50 bits per heavy atom. The summed E-state index contributed by atoms with van der Waals surface area (Å²) in [7, 11) is 0. The smallest absolute Gasteiger partial charge is 0.0939 e. The van der Waals surface area contributed by atoms with Gasteiger partial charge in [-0.1, -0.05) is 0 Å². The van der Waals surface area contributed by atoms with Gasteiger partial charge >= 0.3 is 0 Å². The van der Waals surface area contributed by atoms with Gasteiger partial charge in [-0.2, -0.15) is 11.8 Å². The van der Waals surface area contributed by atoms with Gasteiger partial charge in [0.05, 0.1) is 10.7 Å². The molecule has 4 heteroatoms. The molecule has 1 atom stereocenters. The lowest BCUT2D eigenvalue weighted by atomic mass is 10.2. The SMILES string of the molecule is OCCc1csc(CC2CCCS2)n1. The summed E-state index contributed by atoms with van der Waals surface area (Å²) in [6.45, 7) is 0.210. The molecule has 2 nitrogen and oxygen atoms in total. The van der Waals surface area contributed by atoms with Crippen LogP contribution < -0.4 is 0 Å². The molecule has 0 aliphatic carbocycles. The zero-order valence-electron chi connectivity index (χ0n) is 8.11. The molecule has 0 amide bonds. The minimum Gasteiger partial charge on any atom is -0.396 e. The van der Waals surface area contributed by atoms with Crippen molar-refractivity contribution < 1.29 is 5.11 Å². The van der Waals surface area contributed by atoms with Crippen molar-refractivity contribution in [3.63, 3.8) is 0 Å². The quantitative estimate of drug-likeness (QED) is 0.858. The molecule has 1 unspecified atom stereocenters. The Kier molecular flexibility index (Phi) is 3.84. The maximum absolute atomic E-state index is 8.77. The Hall–Kier alpha value is -0.0600. The maximum Gasteiger partial charge on any atom is 0.0939 e. The number of aliphatic hydroxyl groups is 1. The minimum atomic E-state index is 0.210. The number of hydrogen-bond donors (Lipinski definition) is 1. The first-order valence-corrected chi connectivity index (χ1v) is 6.97. The Labute approximate surface area is 92.8 Å². The molecule has 14 heavy (non-hydrogen) atoms. The number of hydrogen-bond acceptors (Lipinski definition) is 4. The molecule has 0 spiro atoms. The van der Waals surface area contributed by atoms with Crippen LogP contribution in [-0.2, 0) is 12.8 Å². The van der Waals surface area contributed by atoms with Crippen LogP contribution in [-0.4, -0.2) is 27.7 Å². The summed E-state index contributed by atoms with van der Waals surface area (Å²) in [5.41, 5.74) is 1.05. The predicted octanol–water partition coefficient (Wildman–Crippen LogP) is 2.12. The maximum atomic E-state index is 8.77. The highest BCUT2D eigenvalue weighted by molar-refractivity contribution is 8.00. The van der Waals surface area contributed by atoms with Crippen molar-refractivity contribution in [2.45, 2.75) is 30.9 Å².